The van der Waals surface area contributed by atoms with Gasteiger partial charge in [0, 0.05) is 26.7 Å². The lowest BCUT2D eigenvalue weighted by Gasteiger charge is -2.25. The van der Waals surface area contributed by atoms with Crippen molar-refractivity contribution in [1.82, 2.24) is 14.3 Å². The van der Waals surface area contributed by atoms with E-state index >= 15 is 0 Å². The SMILES string of the molecule is CC(C)C[C@@H](CNS(=O)(=O)N(C)C)NC(=O)OC(C)(C)C. The molecule has 0 saturated carbocycles. The molecule has 21 heavy (non-hydrogen) atoms. The first-order valence-corrected chi connectivity index (χ1v) is 8.44. The lowest BCUT2D eigenvalue weighted by Crippen LogP contribution is -2.48. The molecular formula is C13H29N3O4S. The van der Waals surface area contributed by atoms with E-state index in [9.17, 15) is 13.2 Å². The molecule has 1 amide bonds. The number of carbonyl (C=O) groups excluding carboxylic acids is 1. The summed E-state index contributed by atoms with van der Waals surface area (Å²) < 4.78 is 32.2. The van der Waals surface area contributed by atoms with E-state index in [-0.39, 0.29) is 12.6 Å². The van der Waals surface area contributed by atoms with E-state index in [1.54, 1.807) is 20.8 Å². The molecule has 8 heteroatoms. The number of carbonyl (C=O) groups is 1. The molecule has 2 N–H and O–H groups in total. The molecule has 0 saturated heterocycles. The van der Waals surface area contributed by atoms with Crippen LogP contribution in [0.3, 0.4) is 0 Å². The minimum Gasteiger partial charge on any atom is -0.444 e. The first-order valence-electron chi connectivity index (χ1n) is 7.00. The maximum atomic E-state index is 11.8. The molecule has 0 bridgehead atoms. The fourth-order valence-electron chi connectivity index (χ4n) is 1.57. The van der Waals surface area contributed by atoms with Crippen LogP contribution in [0.5, 0.6) is 0 Å². The van der Waals surface area contributed by atoms with Crippen molar-refractivity contribution < 1.29 is 17.9 Å². The van der Waals surface area contributed by atoms with E-state index in [1.807, 2.05) is 13.8 Å². The maximum absolute atomic E-state index is 11.8. The second kappa shape index (κ2) is 7.95. The monoisotopic (exact) mass is 323 g/mol. The Bertz CT molecular complexity index is 427. The normalized spacial score (nSPS) is 14.3. The Labute approximate surface area is 128 Å². The first kappa shape index (κ1) is 20.1. The average Bonchev–Trinajstić information content (AvgIpc) is 2.22. The van der Waals surface area contributed by atoms with Crippen LogP contribution in [-0.4, -0.2) is 51.1 Å². The van der Waals surface area contributed by atoms with Crippen molar-refractivity contribution in [1.29, 1.82) is 0 Å². The van der Waals surface area contributed by atoms with Crippen molar-refractivity contribution in [2.75, 3.05) is 20.6 Å². The van der Waals surface area contributed by atoms with Crippen molar-refractivity contribution in [2.24, 2.45) is 5.92 Å². The average molecular weight is 323 g/mol. The Morgan fingerprint density at radius 3 is 2.14 bits per heavy atom. The Morgan fingerprint density at radius 1 is 1.24 bits per heavy atom. The number of ether oxygens (including phenoxy) is 1. The first-order chi connectivity index (χ1) is 9.33. The lowest BCUT2D eigenvalue weighted by molar-refractivity contribution is 0.0499. The largest absolute Gasteiger partial charge is 0.444 e. The van der Waals surface area contributed by atoms with E-state index < -0.39 is 21.9 Å². The van der Waals surface area contributed by atoms with Gasteiger partial charge in [0.2, 0.25) is 0 Å². The molecule has 0 aliphatic heterocycles. The Morgan fingerprint density at radius 2 is 1.76 bits per heavy atom. The standard InChI is InChI=1S/C13H29N3O4S/c1-10(2)8-11(9-14-21(18,19)16(6)7)15-12(17)20-13(3,4)5/h10-11,14H,8-9H2,1-7H3,(H,15,17)/t11-/m0/s1. The van der Waals surface area contributed by atoms with Gasteiger partial charge in [0.05, 0.1) is 0 Å². The molecule has 0 radical (unpaired) electrons. The molecule has 0 fully saturated rings. The molecule has 0 aromatic heterocycles. The fraction of sp³-hybridized carbons (Fsp3) is 0.923. The van der Waals surface area contributed by atoms with Crippen molar-refractivity contribution in [3.8, 4) is 0 Å². The fourth-order valence-corrected chi connectivity index (χ4v) is 2.24. The van der Waals surface area contributed by atoms with Crippen molar-refractivity contribution in [3.63, 3.8) is 0 Å². The van der Waals surface area contributed by atoms with Crippen LogP contribution >= 0.6 is 0 Å². The quantitative estimate of drug-likeness (QED) is 0.740. The zero-order valence-electron chi connectivity index (χ0n) is 14.1. The molecule has 0 rings (SSSR count). The van der Waals surface area contributed by atoms with Crippen molar-refractivity contribution in [2.45, 2.75) is 52.7 Å². The predicted octanol–water partition coefficient (Wildman–Crippen LogP) is 1.32. The van der Waals surface area contributed by atoms with Crippen molar-refractivity contribution >= 4 is 16.3 Å². The van der Waals surface area contributed by atoms with Gasteiger partial charge in [0.25, 0.3) is 10.2 Å². The molecule has 0 aliphatic rings. The van der Waals surface area contributed by atoms with Crippen LogP contribution in [0.2, 0.25) is 0 Å². The van der Waals surface area contributed by atoms with E-state index in [0.717, 1.165) is 4.31 Å². The number of rotatable bonds is 7. The molecule has 0 aromatic carbocycles. The zero-order valence-corrected chi connectivity index (χ0v) is 14.9. The van der Waals surface area contributed by atoms with Crippen LogP contribution in [0.15, 0.2) is 0 Å². The van der Waals surface area contributed by atoms with E-state index in [0.29, 0.717) is 12.3 Å². The number of hydrogen-bond donors (Lipinski definition) is 2. The van der Waals surface area contributed by atoms with Crippen LogP contribution in [0, 0.1) is 5.92 Å². The molecule has 0 aliphatic carbocycles. The van der Waals surface area contributed by atoms with Gasteiger partial charge in [-0.05, 0) is 33.1 Å². The minimum absolute atomic E-state index is 0.123. The summed E-state index contributed by atoms with van der Waals surface area (Å²) in [5.41, 5.74) is -0.588. The summed E-state index contributed by atoms with van der Waals surface area (Å²) >= 11 is 0. The van der Waals surface area contributed by atoms with Gasteiger partial charge in [0.15, 0.2) is 0 Å². The highest BCUT2D eigenvalue weighted by Crippen LogP contribution is 2.09. The number of alkyl carbamates (subject to hydrolysis) is 1. The van der Waals surface area contributed by atoms with E-state index in [1.165, 1.54) is 14.1 Å². The molecule has 1 atom stereocenters. The van der Waals surface area contributed by atoms with Gasteiger partial charge < -0.3 is 10.1 Å². The summed E-state index contributed by atoms with van der Waals surface area (Å²) in [5.74, 6) is 0.314. The van der Waals surface area contributed by atoms with E-state index in [2.05, 4.69) is 10.0 Å². The van der Waals surface area contributed by atoms with Crippen molar-refractivity contribution in [3.05, 3.63) is 0 Å². The van der Waals surface area contributed by atoms with Crippen LogP contribution in [0.4, 0.5) is 4.79 Å². The highest BCUT2D eigenvalue weighted by atomic mass is 32.2. The second-order valence-electron chi connectivity index (χ2n) is 6.61. The summed E-state index contributed by atoms with van der Waals surface area (Å²) in [6.45, 7) is 9.46. The minimum atomic E-state index is -3.51. The van der Waals surface area contributed by atoms with Gasteiger partial charge in [-0.15, -0.1) is 0 Å². The summed E-state index contributed by atoms with van der Waals surface area (Å²) in [7, 11) is -0.618. The van der Waals surface area contributed by atoms with Crippen LogP contribution in [-0.2, 0) is 14.9 Å². The third kappa shape index (κ3) is 9.65. The van der Waals surface area contributed by atoms with Gasteiger partial charge in [-0.1, -0.05) is 13.8 Å². The molecular weight excluding hydrogens is 294 g/mol. The third-order valence-corrected chi connectivity index (χ3v) is 3.96. The van der Waals surface area contributed by atoms with Crippen LogP contribution < -0.4 is 10.0 Å². The molecule has 126 valence electrons. The van der Waals surface area contributed by atoms with Gasteiger partial charge in [-0.3, -0.25) is 0 Å². The predicted molar refractivity (Wildman–Crippen MR) is 83.2 cm³/mol. The smallest absolute Gasteiger partial charge is 0.407 e. The molecule has 0 heterocycles. The summed E-state index contributed by atoms with van der Waals surface area (Å²) in [4.78, 5) is 11.8. The third-order valence-electron chi connectivity index (χ3n) is 2.47. The number of hydrogen-bond acceptors (Lipinski definition) is 4. The van der Waals surface area contributed by atoms with E-state index in [4.69, 9.17) is 4.74 Å². The summed E-state index contributed by atoms with van der Waals surface area (Å²) in [6.07, 6.45) is 0.104. The lowest BCUT2D eigenvalue weighted by atomic mass is 10.0. The number of amides is 1. The highest BCUT2D eigenvalue weighted by Gasteiger charge is 2.22. The van der Waals surface area contributed by atoms with Gasteiger partial charge in [-0.2, -0.15) is 12.7 Å². The Balaban J connectivity index is 4.64. The van der Waals surface area contributed by atoms with Crippen LogP contribution in [0.1, 0.15) is 41.0 Å². The molecule has 0 aromatic rings. The number of nitrogens with zero attached hydrogens (tertiary/aromatic N) is 1. The molecule has 7 nitrogen and oxygen atoms in total. The van der Waals surface area contributed by atoms with Gasteiger partial charge >= 0.3 is 6.09 Å². The van der Waals surface area contributed by atoms with Gasteiger partial charge in [-0.25, -0.2) is 9.52 Å². The maximum Gasteiger partial charge on any atom is 0.407 e. The van der Waals surface area contributed by atoms with Crippen LogP contribution in [0.25, 0.3) is 0 Å². The topological polar surface area (TPSA) is 87.7 Å². The molecule has 0 spiro atoms. The Hall–Kier alpha value is -0.860. The molecule has 0 unspecified atom stereocenters. The highest BCUT2D eigenvalue weighted by molar-refractivity contribution is 7.87. The second-order valence-corrected chi connectivity index (χ2v) is 8.58. The number of nitrogens with one attached hydrogen (secondary N) is 2. The van der Waals surface area contributed by atoms with Gasteiger partial charge in [0.1, 0.15) is 5.60 Å². The summed E-state index contributed by atoms with van der Waals surface area (Å²) in [6, 6.07) is -0.324. The Kier molecular flexibility index (Phi) is 7.63. The zero-order chi connectivity index (χ0) is 16.8. The summed E-state index contributed by atoms with van der Waals surface area (Å²) in [5, 5.41) is 2.71.